The molecule has 10 nitrogen and oxygen atoms in total. The number of fused-ring (bicyclic) bond motifs is 2. The normalized spacial score (nSPS) is 18.7. The summed E-state index contributed by atoms with van der Waals surface area (Å²) in [6, 6.07) is 4.81. The number of rotatable bonds is 7. The molecule has 0 radical (unpaired) electrons. The van der Waals surface area contributed by atoms with Gasteiger partial charge in [-0.15, -0.1) is 22.7 Å². The molecule has 4 heterocycles. The van der Waals surface area contributed by atoms with Crippen LogP contribution in [0.5, 0.6) is 0 Å². The van der Waals surface area contributed by atoms with Gasteiger partial charge in [0.2, 0.25) is 5.91 Å². The summed E-state index contributed by atoms with van der Waals surface area (Å²) in [6.45, 7) is 2.42. The molecule has 0 spiro atoms. The van der Waals surface area contributed by atoms with Crippen molar-refractivity contribution in [2.75, 3.05) is 61.4 Å². The molecule has 41 heavy (non-hydrogen) atoms. The molecule has 2 aliphatic heterocycles. The van der Waals surface area contributed by atoms with E-state index in [1.165, 1.54) is 31.9 Å². The first-order valence-electron chi connectivity index (χ1n) is 13.4. The van der Waals surface area contributed by atoms with E-state index in [0.717, 1.165) is 45.7 Å². The molecule has 2 amide bonds. The molecule has 3 aromatic rings. The third-order valence-electron chi connectivity index (χ3n) is 7.49. The summed E-state index contributed by atoms with van der Waals surface area (Å²) in [5, 5.41) is 1.81. The van der Waals surface area contributed by atoms with Crippen LogP contribution >= 0.6 is 34.3 Å². The van der Waals surface area contributed by atoms with Crippen molar-refractivity contribution in [2.45, 2.75) is 36.2 Å². The predicted molar refractivity (Wildman–Crippen MR) is 163 cm³/mol. The van der Waals surface area contributed by atoms with Crippen LogP contribution in [0.15, 0.2) is 22.4 Å². The average molecular weight is 639 g/mol. The summed E-state index contributed by atoms with van der Waals surface area (Å²) in [4.78, 5) is 39.6. The maximum atomic E-state index is 14.2. The highest BCUT2D eigenvalue weighted by Crippen LogP contribution is 2.39. The van der Waals surface area contributed by atoms with E-state index in [9.17, 15) is 18.0 Å². The number of sulfonamides is 1. The summed E-state index contributed by atoms with van der Waals surface area (Å²) < 4.78 is 30.9. The number of amides is 2. The molecule has 14 heteroatoms. The van der Waals surface area contributed by atoms with Crippen molar-refractivity contribution in [1.82, 2.24) is 28.9 Å². The number of carbonyl (C=O) groups is 2. The molecule has 0 N–H and O–H groups in total. The van der Waals surface area contributed by atoms with E-state index in [-0.39, 0.29) is 42.1 Å². The van der Waals surface area contributed by atoms with E-state index in [1.54, 1.807) is 31.1 Å². The highest BCUT2D eigenvalue weighted by Gasteiger charge is 2.40. The lowest BCUT2D eigenvalue weighted by molar-refractivity contribution is -0.130. The van der Waals surface area contributed by atoms with E-state index in [4.69, 9.17) is 11.6 Å². The third-order valence-corrected chi connectivity index (χ3v) is 12.4. The van der Waals surface area contributed by atoms with Gasteiger partial charge in [0.25, 0.3) is 15.9 Å². The number of nitrogens with zero attached hydrogens (tertiary/aromatic N) is 6. The molecular weight excluding hydrogens is 604 g/mol. The van der Waals surface area contributed by atoms with Crippen LogP contribution in [0, 0.1) is 0 Å². The van der Waals surface area contributed by atoms with Crippen molar-refractivity contribution in [1.29, 1.82) is 0 Å². The largest absolute Gasteiger partial charge is 0.349 e. The number of hydrogen-bond donors (Lipinski definition) is 0. The van der Waals surface area contributed by atoms with Crippen LogP contribution in [0.1, 0.15) is 32.4 Å². The second-order valence-electron chi connectivity index (χ2n) is 11.1. The molecule has 1 atom stereocenters. The van der Waals surface area contributed by atoms with Gasteiger partial charge in [0, 0.05) is 86.4 Å². The highest BCUT2D eigenvalue weighted by molar-refractivity contribution is 7.91. The summed E-state index contributed by atoms with van der Waals surface area (Å²) in [7, 11) is 5.24. The number of thiazole rings is 1. The van der Waals surface area contributed by atoms with Gasteiger partial charge in [-0.05, 0) is 38.7 Å². The second-order valence-corrected chi connectivity index (χ2v) is 15.8. The van der Waals surface area contributed by atoms with Crippen molar-refractivity contribution >= 4 is 66.2 Å². The van der Waals surface area contributed by atoms with E-state index in [1.807, 2.05) is 32.1 Å². The van der Waals surface area contributed by atoms with Crippen molar-refractivity contribution in [3.05, 3.63) is 44.4 Å². The number of thiophene rings is 1. The Morgan fingerprint density at radius 3 is 2.59 bits per heavy atom. The number of halogens is 1. The smallest absolute Gasteiger partial charge is 0.283 e. The molecular formula is C27H35ClN6O4S3. The van der Waals surface area contributed by atoms with Gasteiger partial charge >= 0.3 is 0 Å². The lowest BCUT2D eigenvalue weighted by Crippen LogP contribution is -2.57. The quantitative estimate of drug-likeness (QED) is 0.392. The zero-order valence-electron chi connectivity index (χ0n) is 23.9. The van der Waals surface area contributed by atoms with Gasteiger partial charge < -0.3 is 19.6 Å². The molecule has 0 saturated carbocycles. The summed E-state index contributed by atoms with van der Waals surface area (Å²) in [5.74, 6) is -0.414. The molecule has 5 rings (SSSR count). The minimum atomic E-state index is -3.92. The SMILES string of the molecule is CN(C)Cc1c(S(=O)(=O)N2CCN(C(=O)c3nc4c(s3)CN(C)CC4)C(CC(=O)N(C)C)C2)sc2cc(Cl)ccc12. The van der Waals surface area contributed by atoms with Crippen LogP contribution < -0.4 is 0 Å². The fourth-order valence-electron chi connectivity index (χ4n) is 5.30. The first-order valence-corrected chi connectivity index (χ1v) is 16.8. The van der Waals surface area contributed by atoms with Crippen LogP contribution in [0.2, 0.25) is 5.02 Å². The lowest BCUT2D eigenvalue weighted by Gasteiger charge is -2.40. The molecule has 1 aromatic carbocycles. The zero-order valence-corrected chi connectivity index (χ0v) is 27.1. The number of aromatic nitrogens is 1. The van der Waals surface area contributed by atoms with Gasteiger partial charge in [0.05, 0.1) is 11.7 Å². The number of carbonyl (C=O) groups excluding carboxylic acids is 2. The molecule has 1 fully saturated rings. The Morgan fingerprint density at radius 2 is 1.88 bits per heavy atom. The summed E-state index contributed by atoms with van der Waals surface area (Å²) in [6.07, 6.45) is 0.811. The summed E-state index contributed by atoms with van der Waals surface area (Å²) >= 11 is 8.84. The third kappa shape index (κ3) is 6.17. The van der Waals surface area contributed by atoms with Gasteiger partial charge in [-0.1, -0.05) is 17.7 Å². The fourth-order valence-corrected chi connectivity index (χ4v) is 10.1. The minimum absolute atomic E-state index is 0.0190. The van der Waals surface area contributed by atoms with Gasteiger partial charge in [-0.3, -0.25) is 9.59 Å². The molecule has 1 saturated heterocycles. The molecule has 0 bridgehead atoms. The van der Waals surface area contributed by atoms with Crippen LogP contribution in [0.25, 0.3) is 10.1 Å². The number of benzene rings is 1. The molecule has 0 aliphatic carbocycles. The Bertz CT molecular complexity index is 1580. The Morgan fingerprint density at radius 1 is 1.12 bits per heavy atom. The Balaban J connectivity index is 1.46. The van der Waals surface area contributed by atoms with Crippen LogP contribution in [0.4, 0.5) is 0 Å². The van der Waals surface area contributed by atoms with Crippen molar-refractivity contribution in [2.24, 2.45) is 0 Å². The summed E-state index contributed by atoms with van der Waals surface area (Å²) in [5.41, 5.74) is 1.68. The highest BCUT2D eigenvalue weighted by atomic mass is 35.5. The zero-order chi connectivity index (χ0) is 29.6. The first-order chi connectivity index (χ1) is 19.3. The topological polar surface area (TPSA) is 97.4 Å². The molecule has 222 valence electrons. The Hall–Kier alpha value is -2.13. The average Bonchev–Trinajstić information content (AvgIpc) is 3.49. The number of hydrogen-bond acceptors (Lipinski definition) is 9. The van der Waals surface area contributed by atoms with E-state index in [2.05, 4.69) is 9.88 Å². The van der Waals surface area contributed by atoms with Gasteiger partial charge in [-0.2, -0.15) is 4.31 Å². The van der Waals surface area contributed by atoms with Gasteiger partial charge in [0.1, 0.15) is 4.21 Å². The first kappa shape index (κ1) is 30.3. The van der Waals surface area contributed by atoms with E-state index < -0.39 is 16.1 Å². The Labute approximate surface area is 254 Å². The fraction of sp³-hybridized carbons (Fsp3) is 0.519. The van der Waals surface area contributed by atoms with Gasteiger partial charge in [-0.25, -0.2) is 13.4 Å². The maximum Gasteiger partial charge on any atom is 0.283 e. The lowest BCUT2D eigenvalue weighted by atomic mass is 10.1. The van der Waals surface area contributed by atoms with Crippen LogP contribution in [-0.2, 0) is 34.3 Å². The van der Waals surface area contributed by atoms with Crippen molar-refractivity contribution < 1.29 is 18.0 Å². The van der Waals surface area contributed by atoms with Crippen LogP contribution in [-0.4, -0.2) is 117 Å². The Kier molecular flexibility index (Phi) is 8.78. The van der Waals surface area contributed by atoms with E-state index in [0.29, 0.717) is 16.6 Å². The second kappa shape index (κ2) is 11.9. The minimum Gasteiger partial charge on any atom is -0.349 e. The van der Waals surface area contributed by atoms with Gasteiger partial charge in [0.15, 0.2) is 5.01 Å². The number of piperazine rings is 1. The molecule has 1 unspecified atom stereocenters. The monoisotopic (exact) mass is 638 g/mol. The standard InChI is InChI=1S/C27H35ClN6O4S3/c1-30(2)15-20-19-7-6-17(28)12-22(19)40-27(20)41(37,38)33-10-11-34(18(14-33)13-24(35)31(3)4)26(36)25-29-21-8-9-32(5)16-23(21)39-25/h6-7,12,18H,8-11,13-16H2,1-5H3. The number of likely N-dealkylation sites (N-methyl/N-ethyl adjacent to an activating group) is 1. The molecule has 2 aliphatic rings. The van der Waals surface area contributed by atoms with Crippen molar-refractivity contribution in [3.63, 3.8) is 0 Å². The molecule has 2 aromatic heterocycles. The van der Waals surface area contributed by atoms with Crippen LogP contribution in [0.3, 0.4) is 0 Å². The van der Waals surface area contributed by atoms with E-state index >= 15 is 0 Å². The maximum absolute atomic E-state index is 14.2. The predicted octanol–water partition coefficient (Wildman–Crippen LogP) is 3.05. The van der Waals surface area contributed by atoms with Crippen molar-refractivity contribution in [3.8, 4) is 0 Å².